The quantitative estimate of drug-likeness (QED) is 0.920. The summed E-state index contributed by atoms with van der Waals surface area (Å²) in [5, 5.41) is 3.31. The molecule has 1 aliphatic heterocycles. The van der Waals surface area contributed by atoms with E-state index < -0.39 is 0 Å². The Bertz CT molecular complexity index is 612. The van der Waals surface area contributed by atoms with E-state index in [0.29, 0.717) is 13.2 Å². The van der Waals surface area contributed by atoms with Gasteiger partial charge in [0.15, 0.2) is 0 Å². The molecule has 0 saturated heterocycles. The van der Waals surface area contributed by atoms with Gasteiger partial charge in [0.1, 0.15) is 5.82 Å². The third kappa shape index (κ3) is 2.74. The second-order valence-corrected chi connectivity index (χ2v) is 5.20. The molecule has 1 aliphatic rings. The van der Waals surface area contributed by atoms with Crippen LogP contribution in [0.3, 0.4) is 0 Å². The van der Waals surface area contributed by atoms with Crippen LogP contribution >= 0.6 is 0 Å². The van der Waals surface area contributed by atoms with Gasteiger partial charge in [-0.2, -0.15) is 0 Å². The Morgan fingerprint density at radius 3 is 2.80 bits per heavy atom. The number of likely N-dealkylation sites (N-methyl/N-ethyl adjacent to an activating group) is 1. The molecule has 2 aromatic carbocycles. The number of benzene rings is 2. The van der Waals surface area contributed by atoms with E-state index >= 15 is 0 Å². The van der Waals surface area contributed by atoms with Crippen LogP contribution in [0, 0.1) is 5.82 Å². The zero-order valence-electron chi connectivity index (χ0n) is 11.5. The van der Waals surface area contributed by atoms with Crippen molar-refractivity contribution in [2.24, 2.45) is 0 Å². The van der Waals surface area contributed by atoms with Gasteiger partial charge in [-0.15, -0.1) is 0 Å². The lowest BCUT2D eigenvalue weighted by Gasteiger charge is -2.17. The minimum absolute atomic E-state index is 0.181. The maximum Gasteiger partial charge on any atom is 0.123 e. The summed E-state index contributed by atoms with van der Waals surface area (Å²) in [5.41, 5.74) is 4.76. The van der Waals surface area contributed by atoms with Gasteiger partial charge in [0.25, 0.3) is 0 Å². The van der Waals surface area contributed by atoms with Crippen LogP contribution in [-0.4, -0.2) is 7.05 Å². The third-order valence-corrected chi connectivity index (χ3v) is 3.83. The fraction of sp³-hybridized carbons (Fsp3) is 0.294. The maximum absolute atomic E-state index is 13.3. The number of hydrogen-bond acceptors (Lipinski definition) is 2. The lowest BCUT2D eigenvalue weighted by molar-refractivity contribution is 0.134. The fourth-order valence-corrected chi connectivity index (χ4v) is 2.69. The van der Waals surface area contributed by atoms with Gasteiger partial charge >= 0.3 is 0 Å². The molecule has 2 aromatic rings. The van der Waals surface area contributed by atoms with Crippen LogP contribution < -0.4 is 5.32 Å². The van der Waals surface area contributed by atoms with E-state index in [4.69, 9.17) is 4.74 Å². The molecule has 1 unspecified atom stereocenters. The van der Waals surface area contributed by atoms with Crippen LogP contribution in [-0.2, 0) is 24.4 Å². The molecule has 0 fully saturated rings. The van der Waals surface area contributed by atoms with E-state index in [-0.39, 0.29) is 11.9 Å². The lowest BCUT2D eigenvalue weighted by Crippen LogP contribution is -2.19. The molecule has 0 radical (unpaired) electrons. The molecular formula is C17H18FNO. The highest BCUT2D eigenvalue weighted by molar-refractivity contribution is 5.35. The summed E-state index contributed by atoms with van der Waals surface area (Å²) in [6.45, 7) is 1.41. The monoisotopic (exact) mass is 271 g/mol. The van der Waals surface area contributed by atoms with Crippen LogP contribution in [0.1, 0.15) is 28.3 Å². The first kappa shape index (κ1) is 13.3. The second kappa shape index (κ2) is 5.73. The molecule has 0 spiro atoms. The maximum atomic E-state index is 13.3. The number of nitrogens with one attached hydrogen (secondary N) is 1. The molecule has 0 aromatic heterocycles. The minimum atomic E-state index is -0.181. The summed E-state index contributed by atoms with van der Waals surface area (Å²) >= 11 is 0. The molecule has 1 atom stereocenters. The highest BCUT2D eigenvalue weighted by Gasteiger charge is 2.16. The number of fused-ring (bicyclic) bond motifs is 1. The number of ether oxygens (including phenoxy) is 1. The van der Waals surface area contributed by atoms with Crippen molar-refractivity contribution in [3.8, 4) is 0 Å². The Morgan fingerprint density at radius 2 is 2.00 bits per heavy atom. The third-order valence-electron chi connectivity index (χ3n) is 3.83. The predicted octanol–water partition coefficient (Wildman–Crippen LogP) is 3.36. The van der Waals surface area contributed by atoms with Crippen LogP contribution in [0.15, 0.2) is 42.5 Å². The number of rotatable bonds is 4. The molecule has 3 rings (SSSR count). The lowest BCUT2D eigenvalue weighted by atomic mass is 9.96. The molecule has 104 valence electrons. The van der Waals surface area contributed by atoms with Crippen molar-refractivity contribution in [2.45, 2.75) is 25.7 Å². The highest BCUT2D eigenvalue weighted by atomic mass is 19.1. The van der Waals surface area contributed by atoms with E-state index in [0.717, 1.165) is 12.0 Å². The molecule has 0 amide bonds. The molecule has 0 saturated carbocycles. The summed E-state index contributed by atoms with van der Waals surface area (Å²) in [6, 6.07) is 13.4. The highest BCUT2D eigenvalue weighted by Crippen LogP contribution is 2.25. The molecule has 0 aliphatic carbocycles. The van der Waals surface area contributed by atoms with Crippen molar-refractivity contribution in [1.82, 2.24) is 5.32 Å². The van der Waals surface area contributed by atoms with E-state index in [9.17, 15) is 4.39 Å². The summed E-state index contributed by atoms with van der Waals surface area (Å²) in [4.78, 5) is 0. The molecule has 3 heteroatoms. The zero-order chi connectivity index (χ0) is 13.9. The Hall–Kier alpha value is -1.71. The summed E-state index contributed by atoms with van der Waals surface area (Å²) in [5.74, 6) is -0.181. The average Bonchev–Trinajstić information content (AvgIpc) is 2.92. The van der Waals surface area contributed by atoms with E-state index in [1.54, 1.807) is 12.1 Å². The van der Waals surface area contributed by atoms with E-state index in [1.165, 1.54) is 22.8 Å². The van der Waals surface area contributed by atoms with Gasteiger partial charge in [0, 0.05) is 6.04 Å². The SMILES string of the molecule is CNC(Cc1cccc(F)c1)c1ccc2c(c1)COC2. The Labute approximate surface area is 118 Å². The standard InChI is InChI=1S/C17H18FNO/c1-19-17(8-12-3-2-4-16(18)7-12)13-5-6-14-10-20-11-15(14)9-13/h2-7,9,17,19H,8,10-11H2,1H3. The molecular weight excluding hydrogens is 253 g/mol. The molecule has 20 heavy (non-hydrogen) atoms. The van der Waals surface area contributed by atoms with Crippen molar-refractivity contribution in [3.63, 3.8) is 0 Å². The topological polar surface area (TPSA) is 21.3 Å². The van der Waals surface area contributed by atoms with Gasteiger partial charge < -0.3 is 10.1 Å². The van der Waals surface area contributed by atoms with Gasteiger partial charge in [-0.05, 0) is 47.9 Å². The molecule has 0 bridgehead atoms. The predicted molar refractivity (Wildman–Crippen MR) is 76.8 cm³/mol. The van der Waals surface area contributed by atoms with Crippen molar-refractivity contribution in [3.05, 3.63) is 70.5 Å². The summed E-state index contributed by atoms with van der Waals surface area (Å²) in [7, 11) is 1.94. The smallest absolute Gasteiger partial charge is 0.123 e. The van der Waals surface area contributed by atoms with Crippen LogP contribution in [0.5, 0.6) is 0 Å². The largest absolute Gasteiger partial charge is 0.372 e. The van der Waals surface area contributed by atoms with Gasteiger partial charge in [-0.25, -0.2) is 4.39 Å². The van der Waals surface area contributed by atoms with Crippen molar-refractivity contribution in [2.75, 3.05) is 7.05 Å². The van der Waals surface area contributed by atoms with E-state index in [2.05, 4.69) is 23.5 Å². The molecule has 2 nitrogen and oxygen atoms in total. The Balaban J connectivity index is 1.83. The second-order valence-electron chi connectivity index (χ2n) is 5.20. The normalized spacial score (nSPS) is 15.1. The summed E-state index contributed by atoms with van der Waals surface area (Å²) in [6.07, 6.45) is 0.772. The minimum Gasteiger partial charge on any atom is -0.372 e. The van der Waals surface area contributed by atoms with Gasteiger partial charge in [0.05, 0.1) is 13.2 Å². The van der Waals surface area contributed by atoms with Crippen LogP contribution in [0.2, 0.25) is 0 Å². The van der Waals surface area contributed by atoms with Crippen molar-refractivity contribution < 1.29 is 9.13 Å². The molecule has 1 N–H and O–H groups in total. The number of halogens is 1. The Morgan fingerprint density at radius 1 is 1.15 bits per heavy atom. The fourth-order valence-electron chi connectivity index (χ4n) is 2.69. The van der Waals surface area contributed by atoms with Gasteiger partial charge in [0.2, 0.25) is 0 Å². The zero-order valence-corrected chi connectivity index (χ0v) is 11.5. The first-order valence-electron chi connectivity index (χ1n) is 6.87. The summed E-state index contributed by atoms with van der Waals surface area (Å²) < 4.78 is 18.7. The van der Waals surface area contributed by atoms with Crippen LogP contribution in [0.4, 0.5) is 4.39 Å². The average molecular weight is 271 g/mol. The van der Waals surface area contributed by atoms with Gasteiger partial charge in [-0.3, -0.25) is 0 Å². The van der Waals surface area contributed by atoms with Crippen LogP contribution in [0.25, 0.3) is 0 Å². The number of hydrogen-bond donors (Lipinski definition) is 1. The van der Waals surface area contributed by atoms with Crippen molar-refractivity contribution >= 4 is 0 Å². The molecule has 1 heterocycles. The van der Waals surface area contributed by atoms with E-state index in [1.807, 2.05) is 13.1 Å². The van der Waals surface area contributed by atoms with Crippen molar-refractivity contribution in [1.29, 1.82) is 0 Å². The first-order chi connectivity index (χ1) is 9.76. The Kier molecular flexibility index (Phi) is 3.81. The van der Waals surface area contributed by atoms with Gasteiger partial charge in [-0.1, -0.05) is 30.3 Å². The first-order valence-corrected chi connectivity index (χ1v) is 6.87.